The lowest BCUT2D eigenvalue weighted by Crippen LogP contribution is -2.30. The first kappa shape index (κ1) is 38.3. The van der Waals surface area contributed by atoms with Gasteiger partial charge in [0.05, 0.1) is 34.8 Å². The van der Waals surface area contributed by atoms with E-state index >= 15 is 4.39 Å². The number of amides is 1. The number of aliphatic imine (C=N–C) groups is 1. The number of halogens is 2. The van der Waals surface area contributed by atoms with E-state index in [9.17, 15) is 14.4 Å². The van der Waals surface area contributed by atoms with Crippen molar-refractivity contribution in [3.8, 4) is 5.75 Å². The molecule has 3 aromatic rings. The number of unbranched alkanes of at least 4 members (excludes halogenated alkanes) is 1. The van der Waals surface area contributed by atoms with Crippen molar-refractivity contribution in [1.82, 2.24) is 4.31 Å². The Kier molecular flexibility index (Phi) is 15.1. The van der Waals surface area contributed by atoms with Gasteiger partial charge in [-0.25, -0.2) is 13.6 Å². The first-order chi connectivity index (χ1) is 22.9. The number of rotatable bonds is 17. The second-order valence-electron chi connectivity index (χ2n) is 11.3. The third-order valence-corrected chi connectivity index (χ3v) is 8.15. The van der Waals surface area contributed by atoms with E-state index in [1.165, 1.54) is 34.5 Å². The number of aliphatic hydroxyl groups is 1. The van der Waals surface area contributed by atoms with Crippen LogP contribution in [-0.4, -0.2) is 59.5 Å². The maximum absolute atomic E-state index is 15.0. The SMILES string of the molecule is CN(SCc1cc(NCN=C/C(F)=C(\N)c2ccc(F)c(NSc3ccccc3NO)c2)cc(OCCCCO)c1)C(=O)OC(C)(C)C. The minimum absolute atomic E-state index is 0.00419. The minimum Gasteiger partial charge on any atom is -0.494 e. The number of aliphatic hydroxyl groups excluding tert-OH is 1. The number of hydrogen-bond acceptors (Lipinski definition) is 12. The summed E-state index contributed by atoms with van der Waals surface area (Å²) in [6.07, 6.45) is 1.82. The summed E-state index contributed by atoms with van der Waals surface area (Å²) in [5.74, 6) is -0.351. The number of benzene rings is 3. The molecule has 0 spiro atoms. The number of nitrogens with one attached hydrogen (secondary N) is 3. The minimum atomic E-state index is -0.805. The molecule has 7 N–H and O–H groups in total. The van der Waals surface area contributed by atoms with E-state index in [2.05, 4.69) is 20.5 Å². The standard InChI is InChI=1S/C33H42F2N6O5S2/c1-33(2,3)46-32(43)41(4)47-20-22-15-24(18-25(16-22)45-14-8-7-13-42)38-21-37-19-27(35)31(36)23-11-12-26(34)29(17-23)40-48-30-10-6-5-9-28(30)39-44/h5-6,9-12,15-19,38-40,42,44H,7-8,13-14,20-21,36H2,1-4H3/b31-27+,37-19?. The van der Waals surface area contributed by atoms with E-state index in [0.29, 0.717) is 47.2 Å². The molecule has 15 heteroatoms. The van der Waals surface area contributed by atoms with E-state index in [4.69, 9.17) is 20.3 Å². The second-order valence-corrected chi connectivity index (χ2v) is 13.3. The lowest BCUT2D eigenvalue weighted by Gasteiger charge is -2.24. The zero-order valence-corrected chi connectivity index (χ0v) is 28.9. The highest BCUT2D eigenvalue weighted by molar-refractivity contribution is 8.00. The fourth-order valence-electron chi connectivity index (χ4n) is 3.88. The summed E-state index contributed by atoms with van der Waals surface area (Å²) in [6, 6.07) is 16.3. The van der Waals surface area contributed by atoms with Crippen molar-refractivity contribution < 1.29 is 33.4 Å². The molecule has 0 aliphatic carbocycles. The summed E-state index contributed by atoms with van der Waals surface area (Å²) in [4.78, 5) is 17.1. The molecule has 0 fully saturated rings. The molecule has 1 amide bonds. The van der Waals surface area contributed by atoms with Crippen LogP contribution in [-0.2, 0) is 10.5 Å². The van der Waals surface area contributed by atoms with Gasteiger partial charge in [0.15, 0.2) is 5.83 Å². The summed E-state index contributed by atoms with van der Waals surface area (Å²) in [5, 5.41) is 21.5. The van der Waals surface area contributed by atoms with Crippen LogP contribution in [0.25, 0.3) is 5.70 Å². The molecule has 11 nitrogen and oxygen atoms in total. The first-order valence-electron chi connectivity index (χ1n) is 15.0. The van der Waals surface area contributed by atoms with Crippen LogP contribution in [0, 0.1) is 5.82 Å². The van der Waals surface area contributed by atoms with E-state index in [1.54, 1.807) is 58.2 Å². The topological polar surface area (TPSA) is 154 Å². The Bertz CT molecular complexity index is 1570. The molecule has 0 aliphatic rings. The van der Waals surface area contributed by atoms with Crippen molar-refractivity contribution in [1.29, 1.82) is 0 Å². The third-order valence-electron chi connectivity index (χ3n) is 6.26. The number of allylic oxidation sites excluding steroid dienone is 1. The molecule has 0 aromatic heterocycles. The summed E-state index contributed by atoms with van der Waals surface area (Å²) >= 11 is 2.32. The number of carbonyl (C=O) groups excluding carboxylic acids is 1. The van der Waals surface area contributed by atoms with Gasteiger partial charge in [0.1, 0.15) is 23.8 Å². The molecule has 0 atom stereocenters. The maximum atomic E-state index is 15.0. The quantitative estimate of drug-likeness (QED) is 0.0356. The Morgan fingerprint density at radius 1 is 1.10 bits per heavy atom. The third kappa shape index (κ3) is 12.8. The van der Waals surface area contributed by atoms with Gasteiger partial charge in [0.25, 0.3) is 0 Å². The number of anilines is 3. The summed E-state index contributed by atoms with van der Waals surface area (Å²) in [5.41, 5.74) is 9.54. The van der Waals surface area contributed by atoms with Crippen LogP contribution in [0.15, 0.2) is 76.4 Å². The smallest absolute Gasteiger partial charge is 0.420 e. The van der Waals surface area contributed by atoms with Crippen molar-refractivity contribution in [3.63, 3.8) is 0 Å². The number of para-hydroxylation sites is 1. The molecule has 48 heavy (non-hydrogen) atoms. The highest BCUT2D eigenvalue weighted by atomic mass is 32.2. The molecule has 0 saturated carbocycles. The van der Waals surface area contributed by atoms with Crippen molar-refractivity contribution in [2.24, 2.45) is 10.7 Å². The van der Waals surface area contributed by atoms with Gasteiger partial charge in [-0.2, -0.15) is 0 Å². The average Bonchev–Trinajstić information content (AvgIpc) is 3.06. The molecule has 0 radical (unpaired) electrons. The highest BCUT2D eigenvalue weighted by Gasteiger charge is 2.20. The molecular formula is C33H42F2N6O5S2. The first-order valence-corrected chi connectivity index (χ1v) is 16.7. The zero-order valence-electron chi connectivity index (χ0n) is 27.3. The number of carbonyl (C=O) groups is 1. The average molecular weight is 705 g/mol. The van der Waals surface area contributed by atoms with Gasteiger partial charge < -0.3 is 30.4 Å². The Morgan fingerprint density at radius 3 is 2.60 bits per heavy atom. The van der Waals surface area contributed by atoms with Crippen LogP contribution in [0.5, 0.6) is 5.75 Å². The van der Waals surface area contributed by atoms with E-state index < -0.39 is 23.3 Å². The lowest BCUT2D eigenvalue weighted by atomic mass is 10.1. The summed E-state index contributed by atoms with van der Waals surface area (Å²) in [6.45, 7) is 5.89. The van der Waals surface area contributed by atoms with Gasteiger partial charge in [-0.3, -0.25) is 20.0 Å². The molecule has 3 aromatic carbocycles. The van der Waals surface area contributed by atoms with Crippen LogP contribution in [0.1, 0.15) is 44.7 Å². The number of nitrogens with two attached hydrogens (primary N) is 1. The Morgan fingerprint density at radius 2 is 1.88 bits per heavy atom. The normalized spacial score (nSPS) is 12.0. The maximum Gasteiger partial charge on any atom is 0.420 e. The highest BCUT2D eigenvalue weighted by Crippen LogP contribution is 2.31. The monoisotopic (exact) mass is 704 g/mol. The zero-order chi connectivity index (χ0) is 35.1. The van der Waals surface area contributed by atoms with Gasteiger partial charge in [0, 0.05) is 36.7 Å². The van der Waals surface area contributed by atoms with Gasteiger partial charge in [0.2, 0.25) is 0 Å². The number of nitrogens with zero attached hydrogens (tertiary/aromatic N) is 2. The van der Waals surface area contributed by atoms with E-state index in [-0.39, 0.29) is 30.2 Å². The van der Waals surface area contributed by atoms with Crippen LogP contribution in [0.2, 0.25) is 0 Å². The summed E-state index contributed by atoms with van der Waals surface area (Å²) < 4.78 is 45.1. The van der Waals surface area contributed by atoms with Crippen molar-refractivity contribution >= 4 is 59.0 Å². The van der Waals surface area contributed by atoms with Gasteiger partial charge in [-0.15, -0.1) is 0 Å². The Hall–Kier alpha value is -4.18. The number of hydrogen-bond donors (Lipinski definition) is 6. The van der Waals surface area contributed by atoms with Crippen LogP contribution >= 0.6 is 23.9 Å². The predicted octanol–water partition coefficient (Wildman–Crippen LogP) is 7.65. The molecule has 3 rings (SSSR count). The van der Waals surface area contributed by atoms with Crippen molar-refractivity contribution in [2.75, 3.05) is 42.4 Å². The molecule has 260 valence electrons. The summed E-state index contributed by atoms with van der Waals surface area (Å²) in [7, 11) is 1.63. The number of ether oxygens (including phenoxy) is 2. The molecular weight excluding hydrogens is 663 g/mol. The molecule has 0 bridgehead atoms. The molecule has 0 saturated heterocycles. The largest absolute Gasteiger partial charge is 0.494 e. The van der Waals surface area contributed by atoms with E-state index in [1.807, 2.05) is 12.1 Å². The Balaban J connectivity index is 1.66. The van der Waals surface area contributed by atoms with Crippen LogP contribution < -0.4 is 26.0 Å². The van der Waals surface area contributed by atoms with Crippen molar-refractivity contribution in [2.45, 2.75) is 49.9 Å². The van der Waals surface area contributed by atoms with Crippen molar-refractivity contribution in [3.05, 3.63) is 83.4 Å². The van der Waals surface area contributed by atoms with Gasteiger partial charge >= 0.3 is 6.09 Å². The molecule has 0 heterocycles. The van der Waals surface area contributed by atoms with Crippen LogP contribution in [0.4, 0.5) is 30.6 Å². The fraction of sp³-hybridized carbons (Fsp3) is 0.333. The molecule has 0 unspecified atom stereocenters. The van der Waals surface area contributed by atoms with Crippen LogP contribution in [0.3, 0.4) is 0 Å². The van der Waals surface area contributed by atoms with Gasteiger partial charge in [-0.05, 0) is 106 Å². The second kappa shape index (κ2) is 19.0. The fourth-order valence-corrected chi connectivity index (χ4v) is 5.28. The molecule has 0 aliphatic heterocycles. The lowest BCUT2D eigenvalue weighted by molar-refractivity contribution is 0.0432. The predicted molar refractivity (Wildman–Crippen MR) is 190 cm³/mol. The van der Waals surface area contributed by atoms with E-state index in [0.717, 1.165) is 23.7 Å². The Labute approximate surface area is 288 Å². The van der Waals surface area contributed by atoms with Gasteiger partial charge in [-0.1, -0.05) is 12.1 Å².